The fourth-order valence-corrected chi connectivity index (χ4v) is 1.00. The Morgan fingerprint density at radius 1 is 1.20 bits per heavy atom. The van der Waals surface area contributed by atoms with Gasteiger partial charge in [0.1, 0.15) is 0 Å². The normalized spacial score (nSPS) is 12.9. The van der Waals surface area contributed by atoms with E-state index in [4.69, 9.17) is 0 Å². The van der Waals surface area contributed by atoms with Gasteiger partial charge in [-0.25, -0.2) is 0 Å². The lowest BCUT2D eigenvalue weighted by atomic mass is 9.84. The minimum absolute atomic E-state index is 0.412. The quantitative estimate of drug-likeness (QED) is 0.559. The highest BCUT2D eigenvalue weighted by atomic mass is 19.4. The molecule has 1 aromatic heterocycles. The van der Waals surface area contributed by atoms with Crippen LogP contribution in [0.5, 0.6) is 0 Å². The molecule has 0 aliphatic heterocycles. The predicted octanol–water partition coefficient (Wildman–Crippen LogP) is 3.03. The summed E-state index contributed by atoms with van der Waals surface area (Å²) in [6, 6.07) is 1.04. The highest BCUT2D eigenvalue weighted by Gasteiger charge is 2.31. The van der Waals surface area contributed by atoms with Crippen molar-refractivity contribution in [2.24, 2.45) is 0 Å². The van der Waals surface area contributed by atoms with E-state index in [9.17, 15) is 26.1 Å². The second-order valence-corrected chi connectivity index (χ2v) is 2.95. The zero-order valence-electron chi connectivity index (χ0n) is 7.23. The molecule has 0 fully saturated rings. The Balaban J connectivity index is 2.94. The third-order valence-corrected chi connectivity index (χ3v) is 1.58. The summed E-state index contributed by atoms with van der Waals surface area (Å²) in [5.41, 5.74) is -1.73. The standard InChI is InChI=1S/C7H5BF6N/c9-7(10,11)5-1-2-15-6(3-5)4-8(12,13)14/h1-3H,4H2/q-1. The van der Waals surface area contributed by atoms with Crippen LogP contribution in [-0.2, 0) is 12.5 Å². The Labute approximate surface area is 81.2 Å². The van der Waals surface area contributed by atoms with E-state index in [1.54, 1.807) is 0 Å². The summed E-state index contributed by atoms with van der Waals surface area (Å²) in [7, 11) is 0. The van der Waals surface area contributed by atoms with Crippen molar-refractivity contribution in [3.05, 3.63) is 29.6 Å². The van der Waals surface area contributed by atoms with Gasteiger partial charge in [-0.2, -0.15) is 13.2 Å². The molecule has 0 atom stereocenters. The molecule has 15 heavy (non-hydrogen) atoms. The van der Waals surface area contributed by atoms with Crippen molar-refractivity contribution < 1.29 is 26.1 Å². The first-order chi connectivity index (χ1) is 6.68. The number of nitrogens with zero attached hydrogens (tertiary/aromatic N) is 1. The topological polar surface area (TPSA) is 12.9 Å². The average Bonchev–Trinajstić information content (AvgIpc) is 1.99. The van der Waals surface area contributed by atoms with Gasteiger partial charge < -0.3 is 12.9 Å². The minimum Gasteiger partial charge on any atom is -0.449 e. The van der Waals surface area contributed by atoms with Crippen LogP contribution in [0.3, 0.4) is 0 Å². The van der Waals surface area contributed by atoms with E-state index in [1.807, 2.05) is 0 Å². The van der Waals surface area contributed by atoms with Gasteiger partial charge in [0, 0.05) is 11.9 Å². The van der Waals surface area contributed by atoms with Crippen LogP contribution >= 0.6 is 0 Å². The molecule has 84 valence electrons. The fourth-order valence-electron chi connectivity index (χ4n) is 1.00. The van der Waals surface area contributed by atoms with Gasteiger partial charge in [-0.1, -0.05) is 0 Å². The van der Waals surface area contributed by atoms with Crippen LogP contribution in [-0.4, -0.2) is 12.0 Å². The van der Waals surface area contributed by atoms with Crippen molar-refractivity contribution in [1.82, 2.24) is 4.98 Å². The van der Waals surface area contributed by atoms with Gasteiger partial charge >= 0.3 is 13.2 Å². The Bertz CT molecular complexity index is 344. The van der Waals surface area contributed by atoms with Gasteiger partial charge in [-0.05, 0) is 18.5 Å². The second kappa shape index (κ2) is 3.75. The average molecular weight is 228 g/mol. The molecular formula is C7H5BF6N-. The monoisotopic (exact) mass is 228 g/mol. The smallest absolute Gasteiger partial charge is 0.449 e. The van der Waals surface area contributed by atoms with Crippen LogP contribution in [0.25, 0.3) is 0 Å². The summed E-state index contributed by atoms with van der Waals surface area (Å²) in [5, 5.41) is 0. The molecule has 0 saturated carbocycles. The first-order valence-corrected chi connectivity index (χ1v) is 3.91. The van der Waals surface area contributed by atoms with Crippen LogP contribution in [0.4, 0.5) is 26.1 Å². The number of aromatic nitrogens is 1. The number of halogens is 6. The minimum atomic E-state index is -5.17. The highest BCUT2D eigenvalue weighted by molar-refractivity contribution is 6.57. The summed E-state index contributed by atoms with van der Waals surface area (Å²) in [5.74, 6) is 0. The van der Waals surface area contributed by atoms with Gasteiger partial charge in [0.15, 0.2) is 0 Å². The number of rotatable bonds is 2. The lowest BCUT2D eigenvalue weighted by Gasteiger charge is -2.14. The molecule has 0 aliphatic rings. The van der Waals surface area contributed by atoms with Crippen molar-refractivity contribution in [2.75, 3.05) is 0 Å². The van der Waals surface area contributed by atoms with E-state index in [1.165, 1.54) is 0 Å². The molecule has 8 heteroatoms. The molecule has 0 radical (unpaired) electrons. The lowest BCUT2D eigenvalue weighted by molar-refractivity contribution is -0.137. The van der Waals surface area contributed by atoms with Gasteiger partial charge in [0.2, 0.25) is 0 Å². The zero-order chi connectivity index (χ0) is 11.7. The van der Waals surface area contributed by atoms with E-state index in [-0.39, 0.29) is 0 Å². The number of alkyl halides is 3. The zero-order valence-corrected chi connectivity index (χ0v) is 7.23. The Morgan fingerprint density at radius 3 is 2.27 bits per heavy atom. The molecule has 0 aromatic carbocycles. The van der Waals surface area contributed by atoms with E-state index < -0.39 is 30.7 Å². The first-order valence-electron chi connectivity index (χ1n) is 3.91. The van der Waals surface area contributed by atoms with Crippen molar-refractivity contribution in [3.63, 3.8) is 0 Å². The van der Waals surface area contributed by atoms with Crippen molar-refractivity contribution >= 4 is 6.98 Å². The number of hydrogen-bond acceptors (Lipinski definition) is 1. The molecule has 0 aliphatic carbocycles. The van der Waals surface area contributed by atoms with Crippen LogP contribution in [0.15, 0.2) is 18.3 Å². The van der Waals surface area contributed by atoms with E-state index >= 15 is 0 Å². The van der Waals surface area contributed by atoms with Crippen LogP contribution in [0, 0.1) is 0 Å². The third-order valence-electron chi connectivity index (χ3n) is 1.58. The van der Waals surface area contributed by atoms with Crippen molar-refractivity contribution in [2.45, 2.75) is 12.5 Å². The molecule has 1 nitrogen and oxygen atoms in total. The van der Waals surface area contributed by atoms with E-state index in [2.05, 4.69) is 4.98 Å². The summed E-state index contributed by atoms with van der Waals surface area (Å²) in [6.45, 7) is -5.17. The van der Waals surface area contributed by atoms with Gasteiger partial charge in [-0.3, -0.25) is 4.98 Å². The maximum Gasteiger partial charge on any atom is 0.484 e. The molecule has 1 aromatic rings. The molecule has 1 heterocycles. The van der Waals surface area contributed by atoms with E-state index in [0.29, 0.717) is 12.1 Å². The molecule has 0 spiro atoms. The third kappa shape index (κ3) is 3.81. The lowest BCUT2D eigenvalue weighted by Crippen LogP contribution is -2.20. The summed E-state index contributed by atoms with van der Waals surface area (Å²) < 4.78 is 72.0. The fraction of sp³-hybridized carbons (Fsp3) is 0.286. The molecule has 0 bridgehead atoms. The van der Waals surface area contributed by atoms with Crippen LogP contribution < -0.4 is 0 Å². The van der Waals surface area contributed by atoms with Gasteiger partial charge in [-0.15, -0.1) is 0 Å². The maximum absolute atomic E-state index is 12.1. The summed E-state index contributed by atoms with van der Waals surface area (Å²) in [6.07, 6.45) is -5.32. The Hall–Kier alpha value is -1.21. The molecule has 1 rings (SSSR count). The molecular weight excluding hydrogens is 223 g/mol. The SMILES string of the molecule is F[B-](F)(F)Cc1cc(C(F)(F)F)ccn1. The molecule has 0 saturated heterocycles. The highest BCUT2D eigenvalue weighted by Crippen LogP contribution is 2.29. The maximum atomic E-state index is 12.1. The van der Waals surface area contributed by atoms with Gasteiger partial charge in [0.25, 0.3) is 0 Å². The Morgan fingerprint density at radius 2 is 1.80 bits per heavy atom. The molecule has 0 unspecified atom stereocenters. The van der Waals surface area contributed by atoms with E-state index in [0.717, 1.165) is 6.20 Å². The summed E-state index contributed by atoms with van der Waals surface area (Å²) >= 11 is 0. The largest absolute Gasteiger partial charge is 0.484 e. The van der Waals surface area contributed by atoms with Crippen LogP contribution in [0.1, 0.15) is 11.3 Å². The summed E-state index contributed by atoms with van der Waals surface area (Å²) in [4.78, 5) is 3.23. The number of hydrogen-bond donors (Lipinski definition) is 0. The second-order valence-electron chi connectivity index (χ2n) is 2.95. The molecule has 0 N–H and O–H groups in total. The Kier molecular flexibility index (Phi) is 2.96. The number of pyridine rings is 1. The van der Waals surface area contributed by atoms with Crippen molar-refractivity contribution in [3.8, 4) is 0 Å². The van der Waals surface area contributed by atoms with Crippen LogP contribution in [0.2, 0.25) is 0 Å². The first kappa shape index (κ1) is 11.9. The molecule has 0 amide bonds. The van der Waals surface area contributed by atoms with Crippen molar-refractivity contribution in [1.29, 1.82) is 0 Å². The predicted molar refractivity (Wildman–Crippen MR) is 42.0 cm³/mol. The van der Waals surface area contributed by atoms with Gasteiger partial charge in [0.05, 0.1) is 5.56 Å².